The van der Waals surface area contributed by atoms with Crippen LogP contribution in [0, 0.1) is 23.7 Å². The van der Waals surface area contributed by atoms with E-state index in [0.29, 0.717) is 56.0 Å². The van der Waals surface area contributed by atoms with Crippen LogP contribution >= 0.6 is 10.7 Å². The molecule has 18 heteroatoms. The Morgan fingerprint density at radius 2 is 1.03 bits per heavy atom. The summed E-state index contributed by atoms with van der Waals surface area (Å²) >= 11 is 0. The monoisotopic (exact) mass is 908 g/mol. The summed E-state index contributed by atoms with van der Waals surface area (Å²) in [7, 11) is -1.63. The molecule has 0 spiro atoms. The molecule has 10 aliphatic rings. The summed E-state index contributed by atoms with van der Waals surface area (Å²) in [6, 6.07) is 0.128. The van der Waals surface area contributed by atoms with E-state index in [0.717, 1.165) is 76.3 Å². The molecule has 0 radical (unpaired) electrons. The molecule has 0 aromatic rings. The van der Waals surface area contributed by atoms with Gasteiger partial charge in [0.1, 0.15) is 11.4 Å². The van der Waals surface area contributed by atoms with Crippen molar-refractivity contribution < 1.29 is 35.9 Å². The lowest BCUT2D eigenvalue weighted by atomic mass is 9.65. The molecule has 6 saturated heterocycles. The molecule has 0 aromatic carbocycles. The molecule has 10 rings (SSSR count). The number of rotatable bonds is 10. The lowest BCUT2D eigenvalue weighted by molar-refractivity contribution is -0.228. The number of nitrogens with zero attached hydrogens (tertiary/aromatic N) is 2. The van der Waals surface area contributed by atoms with E-state index in [1.54, 1.807) is 18.2 Å². The van der Waals surface area contributed by atoms with Crippen molar-refractivity contribution in [3.63, 3.8) is 0 Å². The van der Waals surface area contributed by atoms with Gasteiger partial charge in [-0.15, -0.1) is 0 Å². The van der Waals surface area contributed by atoms with Crippen LogP contribution in [0.1, 0.15) is 138 Å². The second-order valence-corrected chi connectivity index (χ2v) is 25.0. The van der Waals surface area contributed by atoms with Crippen molar-refractivity contribution in [1.29, 1.82) is 0 Å². The number of carbonyl (C=O) groups is 2. The smallest absolute Gasteiger partial charge is 0.317 e. The van der Waals surface area contributed by atoms with E-state index in [2.05, 4.69) is 52.3 Å². The van der Waals surface area contributed by atoms with E-state index in [1.165, 1.54) is 59.2 Å². The molecule has 348 valence electrons. The van der Waals surface area contributed by atoms with Crippen LogP contribution in [0.2, 0.25) is 0 Å². The molecule has 4 amide bonds. The van der Waals surface area contributed by atoms with Gasteiger partial charge in [0.15, 0.2) is 0 Å². The maximum Gasteiger partial charge on any atom is 0.317 e. The Balaban J connectivity index is 0.000000176. The van der Waals surface area contributed by atoms with Crippen LogP contribution in [0.5, 0.6) is 0 Å². The number of urea groups is 2. The fourth-order valence-electron chi connectivity index (χ4n) is 11.0. The zero-order valence-corrected chi connectivity index (χ0v) is 39.9. The third kappa shape index (κ3) is 13.8. The zero-order valence-electron chi connectivity index (χ0n) is 37.5. The van der Waals surface area contributed by atoms with Gasteiger partial charge in [-0.1, -0.05) is 20.8 Å². The summed E-state index contributed by atoms with van der Waals surface area (Å²) in [5.74, 6) is 2.90. The first-order chi connectivity index (χ1) is 28.3. The lowest BCUT2D eigenvalue weighted by Crippen LogP contribution is -2.65. The first-order valence-electron chi connectivity index (χ1n) is 23.1. The Morgan fingerprint density at radius 1 is 0.667 bits per heavy atom. The van der Waals surface area contributed by atoms with Gasteiger partial charge < -0.3 is 41.0 Å². The molecule has 6 aliphatic heterocycles. The highest BCUT2D eigenvalue weighted by Gasteiger charge is 2.54. The largest absolute Gasteiger partial charge is 0.352 e. The predicted octanol–water partition coefficient (Wildman–Crippen LogP) is 5.45. The van der Waals surface area contributed by atoms with Crippen molar-refractivity contribution in [2.75, 3.05) is 45.8 Å². The second-order valence-electron chi connectivity index (χ2n) is 19.3. The Kier molecular flexibility index (Phi) is 17.7. The fourth-order valence-corrected chi connectivity index (χ4v) is 12.4. The second kappa shape index (κ2) is 21.5. The van der Waals surface area contributed by atoms with Gasteiger partial charge >= 0.3 is 12.1 Å². The normalized spacial score (nSPS) is 33.6. The Bertz CT molecular complexity index is 1540. The van der Waals surface area contributed by atoms with Crippen LogP contribution in [0.25, 0.3) is 0 Å². The van der Waals surface area contributed by atoms with Crippen molar-refractivity contribution in [2.24, 2.45) is 23.7 Å². The number of carbonyl (C=O) groups excluding carboxylic acids is 2. The highest BCUT2D eigenvalue weighted by Crippen LogP contribution is 2.53. The van der Waals surface area contributed by atoms with E-state index in [4.69, 9.17) is 20.2 Å². The van der Waals surface area contributed by atoms with Gasteiger partial charge in [-0.05, 0) is 174 Å². The molecule has 5 N–H and O–H groups in total. The molecule has 4 atom stereocenters. The third-order valence-electron chi connectivity index (χ3n) is 14.0. The number of sulfonamides is 1. The highest BCUT2D eigenvalue weighted by atomic mass is 35.7. The summed E-state index contributed by atoms with van der Waals surface area (Å²) in [4.78, 5) is 27.2. The van der Waals surface area contributed by atoms with Crippen LogP contribution < -0.4 is 26.6 Å². The topological polar surface area (TPSA) is 188 Å². The van der Waals surface area contributed by atoms with E-state index < -0.39 is 35.3 Å². The maximum absolute atomic E-state index is 12.5. The number of hydrogen-bond acceptors (Lipinski definition) is 10. The van der Waals surface area contributed by atoms with Gasteiger partial charge in [0.2, 0.25) is 19.1 Å². The van der Waals surface area contributed by atoms with Crippen molar-refractivity contribution in [2.45, 2.75) is 185 Å². The van der Waals surface area contributed by atoms with Gasteiger partial charge in [0, 0.05) is 35.9 Å². The fraction of sp³-hybridized carbons (Fsp3) is 0.952. The van der Waals surface area contributed by atoms with Gasteiger partial charge in [0.25, 0.3) is 0 Å². The Labute approximate surface area is 366 Å². The van der Waals surface area contributed by atoms with E-state index in [9.17, 15) is 26.4 Å². The van der Waals surface area contributed by atoms with Crippen molar-refractivity contribution >= 4 is 41.8 Å². The summed E-state index contributed by atoms with van der Waals surface area (Å²) in [5.41, 5.74) is -0.827. The number of amides is 4. The Hall–Kier alpha value is -1.47. The number of halogens is 1. The summed E-state index contributed by atoms with van der Waals surface area (Å²) in [5, 5.41) is 14.9. The van der Waals surface area contributed by atoms with Gasteiger partial charge in [0.05, 0.1) is 22.7 Å². The minimum Gasteiger partial charge on any atom is -0.352 e. The van der Waals surface area contributed by atoms with Crippen LogP contribution in [0.4, 0.5) is 9.59 Å². The quantitative estimate of drug-likeness (QED) is 0.177. The van der Waals surface area contributed by atoms with E-state index >= 15 is 0 Å². The lowest BCUT2D eigenvalue weighted by Gasteiger charge is -2.56. The van der Waals surface area contributed by atoms with Gasteiger partial charge in [-0.3, -0.25) is 0 Å². The number of piperidine rings is 2. The highest BCUT2D eigenvalue weighted by molar-refractivity contribution is 8.14. The minimum atomic E-state index is -3.27. The van der Waals surface area contributed by atoms with E-state index in [-0.39, 0.29) is 23.8 Å². The molecule has 0 aromatic heterocycles. The van der Waals surface area contributed by atoms with Crippen LogP contribution in [-0.2, 0) is 28.5 Å². The van der Waals surface area contributed by atoms with Crippen LogP contribution in [0.3, 0.4) is 0 Å². The van der Waals surface area contributed by atoms with Gasteiger partial charge in [-0.25, -0.2) is 30.7 Å². The molecule has 15 nitrogen and oxygen atoms in total. The summed E-state index contributed by atoms with van der Waals surface area (Å²) < 4.78 is 58.6. The van der Waals surface area contributed by atoms with Crippen molar-refractivity contribution in [1.82, 2.24) is 35.8 Å². The molecule has 6 heterocycles. The molecule has 4 saturated carbocycles. The first kappa shape index (κ1) is 49.5. The standard InChI is InChI=1S/C18H31N3O4S.C15H25N3O2.C6H15N.C3H7ClO2S/c1-12(2)26(23,24)21-5-3-15(4-6-21)19-17(22)20-18-10-13-7-14(11-18)9-16(8-13)25-18;19-14(17-12-1-3-16-4-2-12)18-15-8-10-5-11(9-15)7-13(6-10)20-15;1-4-7(5-2)6-3;1-3(2)7(4,5)6/h12-16H,3-11H2,1-2H3,(H2,19,20,22);10-13,16H,1-9H2,(H2,17,18,19);4-6H2,1-3H3;3H,1-2H3. The van der Waals surface area contributed by atoms with E-state index in [1.807, 2.05) is 0 Å². The molecule has 8 bridgehead atoms. The molecular formula is C42H78ClN7O8S2. The predicted molar refractivity (Wildman–Crippen MR) is 237 cm³/mol. The van der Waals surface area contributed by atoms with Crippen LogP contribution in [-0.4, -0.2) is 130 Å². The molecule has 4 aliphatic carbocycles. The molecule has 4 unspecified atom stereocenters. The maximum atomic E-state index is 12.5. The SMILES string of the molecule is CC(C)S(=O)(=O)Cl.CC(C)S(=O)(=O)N1CCC(NC(=O)NC23CC4CC(CC(C4)O2)C3)CC1.CCN(CC)CC.O=C(NC1CCNCC1)NC12CC3CC(CC(C3)O1)C2. The van der Waals surface area contributed by atoms with Crippen molar-refractivity contribution in [3.05, 3.63) is 0 Å². The first-order valence-corrected chi connectivity index (χ1v) is 27.0. The summed E-state index contributed by atoms with van der Waals surface area (Å²) in [6.45, 7) is 19.5. The zero-order chi connectivity index (χ0) is 43.9. The number of nitrogens with one attached hydrogen (secondary N) is 5. The molecule has 60 heavy (non-hydrogen) atoms. The average molecular weight is 909 g/mol. The number of ether oxygens (including phenoxy) is 2. The number of hydrogen-bond donors (Lipinski definition) is 5. The Morgan fingerprint density at radius 3 is 1.33 bits per heavy atom. The molecular weight excluding hydrogens is 830 g/mol. The summed E-state index contributed by atoms with van der Waals surface area (Å²) in [6.07, 6.45) is 15.3. The van der Waals surface area contributed by atoms with Crippen LogP contribution in [0.15, 0.2) is 0 Å². The average Bonchev–Trinajstić information content (AvgIpc) is 3.15. The third-order valence-corrected chi connectivity index (χ3v) is 18.5. The minimum absolute atomic E-state index is 0.0162. The van der Waals surface area contributed by atoms with Crippen molar-refractivity contribution in [3.8, 4) is 0 Å². The van der Waals surface area contributed by atoms with Gasteiger partial charge in [-0.2, -0.15) is 0 Å². The molecule has 10 fully saturated rings.